The largest absolute Gasteiger partial charge is 0.464 e. The van der Waals surface area contributed by atoms with Gasteiger partial charge in [-0.05, 0) is 26.0 Å². The molecule has 0 radical (unpaired) electrons. The van der Waals surface area contributed by atoms with Gasteiger partial charge in [0.15, 0.2) is 0 Å². The minimum absolute atomic E-state index is 0.244. The van der Waals surface area contributed by atoms with E-state index in [2.05, 4.69) is 5.32 Å². The molecule has 1 aromatic carbocycles. The fourth-order valence-electron chi connectivity index (χ4n) is 1.75. The van der Waals surface area contributed by atoms with Gasteiger partial charge in [-0.2, -0.15) is 0 Å². The quantitative estimate of drug-likeness (QED) is 0.786. The summed E-state index contributed by atoms with van der Waals surface area (Å²) in [6.07, 6.45) is 0.517. The molecule has 1 atom stereocenters. The Hall–Kier alpha value is -1.84. The molecule has 1 N–H and O–H groups in total. The summed E-state index contributed by atoms with van der Waals surface area (Å²) in [4.78, 5) is 23.4. The Morgan fingerprint density at radius 3 is 2.53 bits per heavy atom. The van der Waals surface area contributed by atoms with E-state index in [1.807, 2.05) is 19.1 Å². The summed E-state index contributed by atoms with van der Waals surface area (Å²) in [5.41, 5.74) is 0.756. The van der Waals surface area contributed by atoms with Gasteiger partial charge in [-0.25, -0.2) is 4.79 Å². The predicted octanol–water partition coefficient (Wildman–Crippen LogP) is 1.43. The Morgan fingerprint density at radius 1 is 1.35 bits per heavy atom. The number of hydrogen-bond donors (Lipinski definition) is 1. The van der Waals surface area contributed by atoms with Crippen molar-refractivity contribution in [1.82, 2.24) is 5.32 Å². The summed E-state index contributed by atoms with van der Waals surface area (Å²) in [6, 6.07) is 7.22. The number of esters is 1. The number of cyclic esters (lactones) is 1. The zero-order valence-corrected chi connectivity index (χ0v) is 9.95. The number of nitrogens with one attached hydrogen (secondary N) is 1. The zero-order chi connectivity index (χ0) is 12.5. The van der Waals surface area contributed by atoms with Gasteiger partial charge in [-0.3, -0.25) is 4.79 Å². The van der Waals surface area contributed by atoms with Crippen LogP contribution in [0.1, 0.15) is 29.3 Å². The average molecular weight is 233 g/mol. The molecule has 1 unspecified atom stereocenters. The summed E-state index contributed by atoms with van der Waals surface area (Å²) in [5, 5.41) is 2.73. The first kappa shape index (κ1) is 11.6. The molecule has 1 aromatic rings. The number of ether oxygens (including phenoxy) is 1. The van der Waals surface area contributed by atoms with Gasteiger partial charge in [0.2, 0.25) is 0 Å². The predicted molar refractivity (Wildman–Crippen MR) is 62.6 cm³/mol. The molecule has 1 aliphatic heterocycles. The van der Waals surface area contributed by atoms with Crippen molar-refractivity contribution in [1.29, 1.82) is 0 Å². The van der Waals surface area contributed by atoms with E-state index in [9.17, 15) is 9.59 Å². The SMILES string of the molecule is Cc1ccc(C(=O)NC2(C)CCOC2=O)cc1. The van der Waals surface area contributed by atoms with Crippen LogP contribution < -0.4 is 5.32 Å². The Kier molecular flexibility index (Phi) is 2.88. The molecular weight excluding hydrogens is 218 g/mol. The molecule has 0 aliphatic carbocycles. The number of amides is 1. The number of carbonyl (C=O) groups is 2. The van der Waals surface area contributed by atoms with Crippen LogP contribution in [-0.2, 0) is 9.53 Å². The van der Waals surface area contributed by atoms with Crippen LogP contribution in [0.5, 0.6) is 0 Å². The lowest BCUT2D eigenvalue weighted by atomic mass is 10.00. The second-order valence-corrected chi connectivity index (χ2v) is 4.54. The first-order valence-corrected chi connectivity index (χ1v) is 5.58. The van der Waals surface area contributed by atoms with Gasteiger partial charge < -0.3 is 10.1 Å². The van der Waals surface area contributed by atoms with Crippen LogP contribution in [0.25, 0.3) is 0 Å². The summed E-state index contributed by atoms with van der Waals surface area (Å²) in [5.74, 6) is -0.607. The fourth-order valence-corrected chi connectivity index (χ4v) is 1.75. The molecule has 1 amide bonds. The van der Waals surface area contributed by atoms with Crippen molar-refractivity contribution in [3.63, 3.8) is 0 Å². The maximum absolute atomic E-state index is 11.9. The smallest absolute Gasteiger partial charge is 0.331 e. The van der Waals surface area contributed by atoms with Gasteiger partial charge in [0, 0.05) is 12.0 Å². The van der Waals surface area contributed by atoms with Crippen molar-refractivity contribution in [3.8, 4) is 0 Å². The van der Waals surface area contributed by atoms with Crippen LogP contribution >= 0.6 is 0 Å². The number of carbonyl (C=O) groups excluding carboxylic acids is 2. The highest BCUT2D eigenvalue weighted by Gasteiger charge is 2.41. The first-order valence-electron chi connectivity index (χ1n) is 5.58. The van der Waals surface area contributed by atoms with Crippen molar-refractivity contribution in [3.05, 3.63) is 35.4 Å². The van der Waals surface area contributed by atoms with E-state index in [1.54, 1.807) is 19.1 Å². The van der Waals surface area contributed by atoms with Gasteiger partial charge >= 0.3 is 5.97 Å². The lowest BCUT2D eigenvalue weighted by molar-refractivity contribution is -0.142. The Morgan fingerprint density at radius 2 is 2.00 bits per heavy atom. The van der Waals surface area contributed by atoms with E-state index in [1.165, 1.54) is 0 Å². The molecule has 0 aromatic heterocycles. The topological polar surface area (TPSA) is 55.4 Å². The minimum Gasteiger partial charge on any atom is -0.464 e. The van der Waals surface area contributed by atoms with Gasteiger partial charge in [-0.15, -0.1) is 0 Å². The standard InChI is InChI=1S/C13H15NO3/c1-9-3-5-10(6-4-9)11(15)14-13(2)7-8-17-12(13)16/h3-6H,7-8H2,1-2H3,(H,14,15). The summed E-state index contributed by atoms with van der Waals surface area (Å²) in [6.45, 7) is 4.01. The molecule has 1 fully saturated rings. The van der Waals surface area contributed by atoms with Crippen LogP contribution in [0.15, 0.2) is 24.3 Å². The molecule has 0 spiro atoms. The van der Waals surface area contributed by atoms with E-state index < -0.39 is 5.54 Å². The Bertz CT molecular complexity index is 452. The Labute approximate surface area is 100.0 Å². The van der Waals surface area contributed by atoms with Crippen molar-refractivity contribution < 1.29 is 14.3 Å². The Balaban J connectivity index is 2.11. The molecule has 0 saturated carbocycles. The molecule has 1 saturated heterocycles. The van der Waals surface area contributed by atoms with E-state index >= 15 is 0 Å². The van der Waals surface area contributed by atoms with E-state index in [0.29, 0.717) is 18.6 Å². The third-order valence-electron chi connectivity index (χ3n) is 2.99. The third-order valence-corrected chi connectivity index (χ3v) is 2.99. The molecule has 0 bridgehead atoms. The molecule has 17 heavy (non-hydrogen) atoms. The van der Waals surface area contributed by atoms with Crippen molar-refractivity contribution >= 4 is 11.9 Å². The van der Waals surface area contributed by atoms with Crippen LogP contribution in [0.4, 0.5) is 0 Å². The van der Waals surface area contributed by atoms with Crippen LogP contribution in [-0.4, -0.2) is 24.0 Å². The highest BCUT2D eigenvalue weighted by atomic mass is 16.5. The van der Waals surface area contributed by atoms with E-state index in [4.69, 9.17) is 4.74 Å². The van der Waals surface area contributed by atoms with Crippen molar-refractivity contribution in [2.24, 2.45) is 0 Å². The zero-order valence-electron chi connectivity index (χ0n) is 9.95. The first-order chi connectivity index (χ1) is 8.01. The van der Waals surface area contributed by atoms with Gasteiger partial charge in [0.25, 0.3) is 5.91 Å². The molecule has 4 nitrogen and oxygen atoms in total. The third kappa shape index (κ3) is 2.30. The van der Waals surface area contributed by atoms with Crippen LogP contribution in [0.2, 0.25) is 0 Å². The minimum atomic E-state index is -0.887. The summed E-state index contributed by atoms with van der Waals surface area (Å²) >= 11 is 0. The van der Waals surface area contributed by atoms with Crippen molar-refractivity contribution in [2.45, 2.75) is 25.8 Å². The van der Waals surface area contributed by atoms with Crippen LogP contribution in [0, 0.1) is 6.92 Å². The van der Waals surface area contributed by atoms with Crippen LogP contribution in [0.3, 0.4) is 0 Å². The molecular formula is C13H15NO3. The van der Waals surface area contributed by atoms with E-state index in [-0.39, 0.29) is 11.9 Å². The van der Waals surface area contributed by atoms with Gasteiger partial charge in [-0.1, -0.05) is 17.7 Å². The van der Waals surface area contributed by atoms with Gasteiger partial charge in [0.1, 0.15) is 5.54 Å². The second kappa shape index (κ2) is 4.20. The van der Waals surface area contributed by atoms with Gasteiger partial charge in [0.05, 0.1) is 6.61 Å². The number of rotatable bonds is 2. The van der Waals surface area contributed by atoms with Crippen molar-refractivity contribution in [2.75, 3.05) is 6.61 Å². The molecule has 1 aliphatic rings. The maximum atomic E-state index is 11.9. The monoisotopic (exact) mass is 233 g/mol. The highest BCUT2D eigenvalue weighted by Crippen LogP contribution is 2.20. The normalized spacial score (nSPS) is 23.3. The molecule has 90 valence electrons. The lowest BCUT2D eigenvalue weighted by Gasteiger charge is -2.20. The van der Waals surface area contributed by atoms with E-state index in [0.717, 1.165) is 5.56 Å². The maximum Gasteiger partial charge on any atom is 0.331 e. The molecule has 1 heterocycles. The number of aryl methyl sites for hydroxylation is 1. The lowest BCUT2D eigenvalue weighted by Crippen LogP contribution is -2.49. The summed E-state index contributed by atoms with van der Waals surface area (Å²) < 4.78 is 4.87. The molecule has 4 heteroatoms. The fraction of sp³-hybridized carbons (Fsp3) is 0.385. The number of benzene rings is 1. The average Bonchev–Trinajstić information content (AvgIpc) is 2.60. The molecule has 2 rings (SSSR count). The number of hydrogen-bond acceptors (Lipinski definition) is 3. The summed E-state index contributed by atoms with van der Waals surface area (Å²) in [7, 11) is 0. The highest BCUT2D eigenvalue weighted by molar-refractivity contribution is 5.98. The second-order valence-electron chi connectivity index (χ2n) is 4.54.